The van der Waals surface area contributed by atoms with Gasteiger partial charge in [-0.25, -0.2) is 4.68 Å². The van der Waals surface area contributed by atoms with E-state index in [1.807, 2.05) is 59.4 Å². The summed E-state index contributed by atoms with van der Waals surface area (Å²) in [6, 6.07) is 15.9. The molecule has 0 unspecified atom stereocenters. The molecule has 2 aliphatic heterocycles. The van der Waals surface area contributed by atoms with Crippen molar-refractivity contribution in [3.63, 3.8) is 0 Å². The molecule has 8 heteroatoms. The molecule has 0 bridgehead atoms. The molecule has 5 rings (SSSR count). The Kier molecular flexibility index (Phi) is 7.30. The Bertz CT molecular complexity index is 1140. The molecule has 0 spiro atoms. The lowest BCUT2D eigenvalue weighted by atomic mass is 10.0. The molecular weight excluding hydrogens is 442 g/mol. The van der Waals surface area contributed by atoms with E-state index < -0.39 is 0 Å². The molecule has 0 saturated carbocycles. The van der Waals surface area contributed by atoms with Gasteiger partial charge in [0.15, 0.2) is 11.5 Å². The molecule has 1 aromatic heterocycles. The van der Waals surface area contributed by atoms with E-state index in [1.165, 1.54) is 0 Å². The number of aryl methyl sites for hydroxylation is 1. The number of nitrogens with zero attached hydrogens (tertiary/aromatic N) is 4. The van der Waals surface area contributed by atoms with Gasteiger partial charge in [0.05, 0.1) is 11.4 Å². The van der Waals surface area contributed by atoms with Crippen molar-refractivity contribution < 1.29 is 14.3 Å². The van der Waals surface area contributed by atoms with Gasteiger partial charge < -0.3 is 24.6 Å². The molecular formula is C27H33N5O3. The second-order valence-corrected chi connectivity index (χ2v) is 9.20. The lowest BCUT2D eigenvalue weighted by molar-refractivity contribution is -0.121. The van der Waals surface area contributed by atoms with Crippen molar-refractivity contribution in [2.75, 3.05) is 53.1 Å². The van der Waals surface area contributed by atoms with Crippen molar-refractivity contribution in [3.8, 4) is 28.4 Å². The molecule has 3 heterocycles. The monoisotopic (exact) mass is 475 g/mol. The number of hydrogen-bond donors (Lipinski definition) is 1. The van der Waals surface area contributed by atoms with Crippen molar-refractivity contribution >= 4 is 5.91 Å². The van der Waals surface area contributed by atoms with Crippen LogP contribution in [0.4, 0.5) is 0 Å². The molecule has 1 N–H and O–H groups in total. The molecule has 2 aromatic carbocycles. The van der Waals surface area contributed by atoms with Crippen molar-refractivity contribution in [2.24, 2.45) is 0 Å². The van der Waals surface area contributed by atoms with Crippen molar-refractivity contribution in [3.05, 3.63) is 60.3 Å². The third-order valence-electron chi connectivity index (χ3n) is 6.65. The van der Waals surface area contributed by atoms with Gasteiger partial charge in [0.2, 0.25) is 12.7 Å². The Balaban J connectivity index is 1.21. The predicted octanol–water partition coefficient (Wildman–Crippen LogP) is 2.95. The van der Waals surface area contributed by atoms with Crippen LogP contribution in [0, 0.1) is 0 Å². The minimum atomic E-state index is 0.0764. The van der Waals surface area contributed by atoms with E-state index in [2.05, 4.69) is 22.2 Å². The van der Waals surface area contributed by atoms with Gasteiger partial charge in [-0.15, -0.1) is 0 Å². The number of nitrogens with one attached hydrogen (secondary N) is 1. The number of hydrogen-bond acceptors (Lipinski definition) is 6. The quantitative estimate of drug-likeness (QED) is 0.480. The summed E-state index contributed by atoms with van der Waals surface area (Å²) in [5, 5.41) is 7.96. The average molecular weight is 476 g/mol. The maximum Gasteiger partial charge on any atom is 0.231 e. The van der Waals surface area contributed by atoms with Crippen molar-refractivity contribution in [1.82, 2.24) is 24.9 Å². The zero-order chi connectivity index (χ0) is 24.0. The average Bonchev–Trinajstić information content (AvgIpc) is 3.54. The van der Waals surface area contributed by atoms with Gasteiger partial charge in [-0.1, -0.05) is 18.2 Å². The van der Waals surface area contributed by atoms with E-state index in [1.54, 1.807) is 0 Å². The highest BCUT2D eigenvalue weighted by molar-refractivity contribution is 5.77. The van der Waals surface area contributed by atoms with Gasteiger partial charge in [-0.05, 0) is 62.3 Å². The summed E-state index contributed by atoms with van der Waals surface area (Å²) in [4.78, 5) is 17.4. The molecule has 1 fully saturated rings. The van der Waals surface area contributed by atoms with Gasteiger partial charge in [0.25, 0.3) is 0 Å². The number of likely N-dealkylation sites (N-methyl/N-ethyl adjacent to an activating group) is 1. The minimum Gasteiger partial charge on any atom is -0.454 e. The Morgan fingerprint density at radius 2 is 1.83 bits per heavy atom. The van der Waals surface area contributed by atoms with Crippen LogP contribution in [-0.2, 0) is 11.2 Å². The number of benzene rings is 2. The summed E-state index contributed by atoms with van der Waals surface area (Å²) >= 11 is 0. The molecule has 0 radical (unpaired) electrons. The number of ether oxygens (including phenoxy) is 2. The molecule has 2 aliphatic rings. The summed E-state index contributed by atoms with van der Waals surface area (Å²) in [6.45, 7) is 6.44. The number of fused-ring (bicyclic) bond motifs is 1. The smallest absolute Gasteiger partial charge is 0.231 e. The maximum atomic E-state index is 12.6. The van der Waals surface area contributed by atoms with E-state index in [4.69, 9.17) is 14.6 Å². The third-order valence-corrected chi connectivity index (χ3v) is 6.65. The van der Waals surface area contributed by atoms with Gasteiger partial charge in [0, 0.05) is 50.9 Å². The largest absolute Gasteiger partial charge is 0.454 e. The molecule has 8 nitrogen and oxygen atoms in total. The SMILES string of the molecule is CN1CCN(CCCNC(=O)CCc2cn(-c3ccccc3)nc2-c2ccc3c(c2)OCO3)CC1. The number of amides is 1. The fourth-order valence-electron chi connectivity index (χ4n) is 4.53. The van der Waals surface area contributed by atoms with Crippen LogP contribution in [0.15, 0.2) is 54.7 Å². The molecule has 35 heavy (non-hydrogen) atoms. The topological polar surface area (TPSA) is 71.9 Å². The molecule has 0 atom stereocenters. The number of rotatable bonds is 9. The van der Waals surface area contributed by atoms with Gasteiger partial charge in [-0.2, -0.15) is 5.10 Å². The number of piperazine rings is 1. The van der Waals surface area contributed by atoms with Crippen LogP contribution in [0.1, 0.15) is 18.4 Å². The highest BCUT2D eigenvalue weighted by Gasteiger charge is 2.19. The first-order valence-corrected chi connectivity index (χ1v) is 12.4. The number of carbonyl (C=O) groups is 1. The predicted molar refractivity (Wildman–Crippen MR) is 135 cm³/mol. The Hall–Kier alpha value is -3.36. The van der Waals surface area contributed by atoms with Crippen LogP contribution in [0.3, 0.4) is 0 Å². The lowest BCUT2D eigenvalue weighted by Gasteiger charge is -2.32. The van der Waals surface area contributed by atoms with E-state index >= 15 is 0 Å². The minimum absolute atomic E-state index is 0.0764. The first-order chi connectivity index (χ1) is 17.2. The first kappa shape index (κ1) is 23.4. The molecule has 3 aromatic rings. The second kappa shape index (κ2) is 10.9. The highest BCUT2D eigenvalue weighted by atomic mass is 16.7. The van der Waals surface area contributed by atoms with E-state index in [9.17, 15) is 4.79 Å². The highest BCUT2D eigenvalue weighted by Crippen LogP contribution is 2.36. The van der Waals surface area contributed by atoms with Gasteiger partial charge in [0.1, 0.15) is 0 Å². The van der Waals surface area contributed by atoms with Crippen molar-refractivity contribution in [2.45, 2.75) is 19.3 Å². The summed E-state index contributed by atoms with van der Waals surface area (Å²) in [5.41, 5.74) is 3.82. The zero-order valence-corrected chi connectivity index (χ0v) is 20.3. The number of aromatic nitrogens is 2. The normalized spacial score (nSPS) is 15.9. The zero-order valence-electron chi connectivity index (χ0n) is 20.3. The Labute approximate surface area is 206 Å². The fraction of sp³-hybridized carbons (Fsp3) is 0.407. The Morgan fingerprint density at radius 3 is 2.66 bits per heavy atom. The van der Waals surface area contributed by atoms with Gasteiger partial charge >= 0.3 is 0 Å². The van der Waals surface area contributed by atoms with Gasteiger partial charge in [-0.3, -0.25) is 4.79 Å². The molecule has 0 aliphatic carbocycles. The van der Waals surface area contributed by atoms with Crippen LogP contribution in [0.2, 0.25) is 0 Å². The maximum absolute atomic E-state index is 12.6. The standard InChI is InChI=1S/C27H33N5O3/c1-30-14-16-31(17-15-30)13-5-12-28-26(33)11-9-22-19-32(23-6-3-2-4-7-23)29-27(22)21-8-10-24-25(18-21)35-20-34-24/h2-4,6-8,10,18-19H,5,9,11-17,20H2,1H3,(H,28,33). The van der Waals surface area contributed by atoms with E-state index in [0.717, 1.165) is 73.2 Å². The van der Waals surface area contributed by atoms with Crippen LogP contribution in [0.25, 0.3) is 16.9 Å². The fourth-order valence-corrected chi connectivity index (χ4v) is 4.53. The molecule has 1 saturated heterocycles. The Morgan fingerprint density at radius 1 is 1.03 bits per heavy atom. The second-order valence-electron chi connectivity index (χ2n) is 9.20. The summed E-state index contributed by atoms with van der Waals surface area (Å²) in [6.07, 6.45) is 4.03. The third kappa shape index (κ3) is 5.83. The van der Waals surface area contributed by atoms with Crippen LogP contribution >= 0.6 is 0 Å². The van der Waals surface area contributed by atoms with Crippen LogP contribution in [0.5, 0.6) is 11.5 Å². The summed E-state index contributed by atoms with van der Waals surface area (Å²) in [7, 11) is 2.17. The van der Waals surface area contributed by atoms with Crippen molar-refractivity contribution in [1.29, 1.82) is 0 Å². The first-order valence-electron chi connectivity index (χ1n) is 12.4. The molecule has 184 valence electrons. The van der Waals surface area contributed by atoms with E-state index in [-0.39, 0.29) is 12.7 Å². The number of carbonyl (C=O) groups excluding carboxylic acids is 1. The van der Waals surface area contributed by atoms with Crippen LogP contribution < -0.4 is 14.8 Å². The van der Waals surface area contributed by atoms with Crippen LogP contribution in [-0.4, -0.2) is 78.6 Å². The summed E-state index contributed by atoms with van der Waals surface area (Å²) in [5.74, 6) is 1.54. The molecule has 1 amide bonds. The summed E-state index contributed by atoms with van der Waals surface area (Å²) < 4.78 is 12.9. The van der Waals surface area contributed by atoms with E-state index in [0.29, 0.717) is 19.4 Å². The number of para-hydroxylation sites is 1. The lowest BCUT2D eigenvalue weighted by Crippen LogP contribution is -2.45.